The lowest BCUT2D eigenvalue weighted by molar-refractivity contribution is -0.130. The van der Waals surface area contributed by atoms with Crippen molar-refractivity contribution >= 4 is 33.4 Å². The minimum Gasteiger partial charge on any atom is -0.484 e. The molecule has 29 heavy (non-hydrogen) atoms. The molecule has 0 unspecified atom stereocenters. The Labute approximate surface area is 176 Å². The van der Waals surface area contributed by atoms with Crippen molar-refractivity contribution in [2.24, 2.45) is 0 Å². The highest BCUT2D eigenvalue weighted by atomic mass is 79.9. The third kappa shape index (κ3) is 5.00. The summed E-state index contributed by atoms with van der Waals surface area (Å²) in [4.78, 5) is 25.6. The third-order valence-corrected chi connectivity index (χ3v) is 4.63. The second kappa shape index (κ2) is 8.87. The topological polar surface area (TPSA) is 89.3 Å². The lowest BCUT2D eigenvalue weighted by Crippen LogP contribution is -2.27. The Morgan fingerprint density at radius 2 is 1.90 bits per heavy atom. The average Bonchev–Trinajstić information content (AvgIpc) is 3.08. The summed E-state index contributed by atoms with van der Waals surface area (Å²) in [5.41, 5.74) is 2.25. The number of benzene rings is 2. The van der Waals surface area contributed by atoms with E-state index in [1.54, 1.807) is 50.0 Å². The number of ether oxygens (including phenoxy) is 1. The molecule has 0 saturated heterocycles. The smallest absolute Gasteiger partial charge is 0.278 e. The van der Waals surface area contributed by atoms with Crippen molar-refractivity contribution in [2.75, 3.05) is 26.0 Å². The molecule has 2 amide bonds. The molecule has 150 valence electrons. The van der Waals surface area contributed by atoms with E-state index in [-0.39, 0.29) is 24.1 Å². The molecule has 9 heteroatoms. The van der Waals surface area contributed by atoms with Crippen LogP contribution < -0.4 is 10.1 Å². The zero-order valence-corrected chi connectivity index (χ0v) is 17.8. The molecule has 2 aromatic carbocycles. The minimum absolute atomic E-state index is 0.0450. The predicted molar refractivity (Wildman–Crippen MR) is 112 cm³/mol. The molecule has 0 spiro atoms. The van der Waals surface area contributed by atoms with Gasteiger partial charge in [-0.3, -0.25) is 9.59 Å². The molecule has 1 aromatic heterocycles. The highest BCUT2D eigenvalue weighted by Crippen LogP contribution is 2.19. The van der Waals surface area contributed by atoms with Gasteiger partial charge in [-0.25, -0.2) is 4.68 Å². The van der Waals surface area contributed by atoms with Crippen molar-refractivity contribution in [3.05, 3.63) is 64.4 Å². The molecular formula is C20H20BrN5O3. The molecule has 1 heterocycles. The van der Waals surface area contributed by atoms with E-state index >= 15 is 0 Å². The molecule has 8 nitrogen and oxygen atoms in total. The summed E-state index contributed by atoms with van der Waals surface area (Å²) in [6, 6.07) is 14.3. The number of rotatable bonds is 6. The molecule has 0 atom stereocenters. The fourth-order valence-electron chi connectivity index (χ4n) is 2.49. The van der Waals surface area contributed by atoms with E-state index in [9.17, 15) is 9.59 Å². The summed E-state index contributed by atoms with van der Waals surface area (Å²) in [7, 11) is 3.33. The number of nitrogens with zero attached hydrogens (tertiary/aromatic N) is 4. The Morgan fingerprint density at radius 3 is 2.55 bits per heavy atom. The van der Waals surface area contributed by atoms with Gasteiger partial charge in [0.2, 0.25) is 0 Å². The van der Waals surface area contributed by atoms with E-state index in [4.69, 9.17) is 4.74 Å². The average molecular weight is 458 g/mol. The summed E-state index contributed by atoms with van der Waals surface area (Å²) < 4.78 is 7.94. The van der Waals surface area contributed by atoms with Crippen molar-refractivity contribution in [3.8, 4) is 11.4 Å². The molecule has 3 rings (SSSR count). The standard InChI is InChI=1S/C20H20BrN5O3/c1-13-19(23-24-26(13)16-6-4-5-14(21)11-16)20(28)22-15-7-9-17(10-8-15)29-12-18(27)25(2)3/h4-11H,12H2,1-3H3,(H,22,28). The molecule has 0 aliphatic rings. The Morgan fingerprint density at radius 1 is 1.17 bits per heavy atom. The Balaban J connectivity index is 1.67. The van der Waals surface area contributed by atoms with Crippen LogP contribution in [0.4, 0.5) is 5.69 Å². The molecule has 0 bridgehead atoms. The van der Waals surface area contributed by atoms with Crippen LogP contribution in [-0.2, 0) is 4.79 Å². The van der Waals surface area contributed by atoms with Gasteiger partial charge in [0.1, 0.15) is 5.75 Å². The zero-order chi connectivity index (χ0) is 21.0. The van der Waals surface area contributed by atoms with E-state index in [1.165, 1.54) is 4.90 Å². The van der Waals surface area contributed by atoms with Crippen LogP contribution >= 0.6 is 15.9 Å². The van der Waals surface area contributed by atoms with Gasteiger partial charge in [0.15, 0.2) is 12.3 Å². The third-order valence-electron chi connectivity index (χ3n) is 4.14. The molecule has 0 aliphatic heterocycles. The summed E-state index contributed by atoms with van der Waals surface area (Å²) in [5.74, 6) is 0.0431. The normalized spacial score (nSPS) is 10.5. The van der Waals surface area contributed by atoms with Gasteiger partial charge in [-0.15, -0.1) is 5.10 Å². The van der Waals surface area contributed by atoms with Crippen LogP contribution in [0, 0.1) is 6.92 Å². The number of nitrogens with one attached hydrogen (secondary N) is 1. The maximum atomic E-state index is 12.6. The Hall–Kier alpha value is -3.20. The fourth-order valence-corrected chi connectivity index (χ4v) is 2.88. The van der Waals surface area contributed by atoms with Gasteiger partial charge >= 0.3 is 0 Å². The van der Waals surface area contributed by atoms with Crippen molar-refractivity contribution in [1.29, 1.82) is 0 Å². The van der Waals surface area contributed by atoms with E-state index < -0.39 is 0 Å². The Bertz CT molecular complexity index is 1030. The van der Waals surface area contributed by atoms with Crippen LogP contribution in [0.2, 0.25) is 0 Å². The fraction of sp³-hybridized carbons (Fsp3) is 0.200. The first-order valence-electron chi connectivity index (χ1n) is 8.78. The predicted octanol–water partition coefficient (Wildman–Crippen LogP) is 3.06. The van der Waals surface area contributed by atoms with Crippen LogP contribution in [-0.4, -0.2) is 52.4 Å². The van der Waals surface area contributed by atoms with E-state index in [0.29, 0.717) is 17.1 Å². The maximum Gasteiger partial charge on any atom is 0.278 e. The molecule has 0 aliphatic carbocycles. The largest absolute Gasteiger partial charge is 0.484 e. The summed E-state index contributed by atoms with van der Waals surface area (Å²) in [6.07, 6.45) is 0. The molecule has 1 N–H and O–H groups in total. The zero-order valence-electron chi connectivity index (χ0n) is 16.2. The number of carbonyl (C=O) groups excluding carboxylic acids is 2. The van der Waals surface area contributed by atoms with Gasteiger partial charge in [-0.1, -0.05) is 27.2 Å². The number of anilines is 1. The second-order valence-corrected chi connectivity index (χ2v) is 7.39. The van der Waals surface area contributed by atoms with Crippen molar-refractivity contribution in [1.82, 2.24) is 19.9 Å². The van der Waals surface area contributed by atoms with Crippen molar-refractivity contribution < 1.29 is 14.3 Å². The molecule has 0 fully saturated rings. The minimum atomic E-state index is -0.361. The lowest BCUT2D eigenvalue weighted by Gasteiger charge is -2.11. The molecular weight excluding hydrogens is 438 g/mol. The van der Waals surface area contributed by atoms with E-state index in [2.05, 4.69) is 31.6 Å². The molecule has 3 aromatic rings. The van der Waals surface area contributed by atoms with Gasteiger partial charge in [-0.2, -0.15) is 0 Å². The van der Waals surface area contributed by atoms with Gasteiger partial charge in [0, 0.05) is 24.3 Å². The van der Waals surface area contributed by atoms with Gasteiger partial charge < -0.3 is 15.0 Å². The van der Waals surface area contributed by atoms with Crippen LogP contribution in [0.1, 0.15) is 16.2 Å². The summed E-state index contributed by atoms with van der Waals surface area (Å²) in [6.45, 7) is 1.74. The van der Waals surface area contributed by atoms with Crippen LogP contribution in [0.5, 0.6) is 5.75 Å². The van der Waals surface area contributed by atoms with Gasteiger partial charge in [-0.05, 0) is 49.4 Å². The summed E-state index contributed by atoms with van der Waals surface area (Å²) >= 11 is 3.42. The molecule has 0 saturated carbocycles. The maximum absolute atomic E-state index is 12.6. The van der Waals surface area contributed by atoms with Crippen LogP contribution in [0.3, 0.4) is 0 Å². The first-order chi connectivity index (χ1) is 13.8. The number of hydrogen-bond acceptors (Lipinski definition) is 5. The number of halogens is 1. The van der Waals surface area contributed by atoms with E-state index in [0.717, 1.165) is 10.2 Å². The number of likely N-dealkylation sites (N-methyl/N-ethyl adjacent to an activating group) is 1. The van der Waals surface area contributed by atoms with Crippen LogP contribution in [0.15, 0.2) is 53.0 Å². The van der Waals surface area contributed by atoms with E-state index in [1.807, 2.05) is 24.3 Å². The second-order valence-electron chi connectivity index (χ2n) is 6.47. The number of amides is 2. The van der Waals surface area contributed by atoms with Crippen molar-refractivity contribution in [3.63, 3.8) is 0 Å². The first kappa shape index (κ1) is 20.5. The quantitative estimate of drug-likeness (QED) is 0.614. The summed E-state index contributed by atoms with van der Waals surface area (Å²) in [5, 5.41) is 10.9. The van der Waals surface area contributed by atoms with Gasteiger partial charge in [0.05, 0.1) is 11.4 Å². The SMILES string of the molecule is Cc1c(C(=O)Nc2ccc(OCC(=O)N(C)C)cc2)nnn1-c1cccc(Br)c1. The van der Waals surface area contributed by atoms with Gasteiger partial charge in [0.25, 0.3) is 11.8 Å². The molecule has 0 radical (unpaired) electrons. The van der Waals surface area contributed by atoms with Crippen molar-refractivity contribution in [2.45, 2.75) is 6.92 Å². The lowest BCUT2D eigenvalue weighted by atomic mass is 10.2. The number of hydrogen-bond donors (Lipinski definition) is 1. The Kier molecular flexibility index (Phi) is 6.28. The highest BCUT2D eigenvalue weighted by Gasteiger charge is 2.17. The number of carbonyl (C=O) groups is 2. The first-order valence-corrected chi connectivity index (χ1v) is 9.57. The number of aromatic nitrogens is 3. The monoisotopic (exact) mass is 457 g/mol. The van der Waals surface area contributed by atoms with Crippen LogP contribution in [0.25, 0.3) is 5.69 Å². The highest BCUT2D eigenvalue weighted by molar-refractivity contribution is 9.10.